The predicted octanol–water partition coefficient (Wildman–Crippen LogP) is 4.13. The van der Waals surface area contributed by atoms with Crippen LogP contribution in [0.2, 0.25) is 0 Å². The Morgan fingerprint density at radius 2 is 1.86 bits per heavy atom. The van der Waals surface area contributed by atoms with Gasteiger partial charge in [0.05, 0.1) is 0 Å². The van der Waals surface area contributed by atoms with Crippen LogP contribution in [0.25, 0.3) is 0 Å². The molecular weight excluding hydrogens is 258 g/mol. The summed E-state index contributed by atoms with van der Waals surface area (Å²) in [6.45, 7) is 7.50. The van der Waals surface area contributed by atoms with E-state index in [1.807, 2.05) is 6.20 Å². The van der Waals surface area contributed by atoms with Crippen LogP contribution in [0.1, 0.15) is 64.9 Å². The van der Waals surface area contributed by atoms with Crippen molar-refractivity contribution in [1.82, 2.24) is 10.3 Å². The summed E-state index contributed by atoms with van der Waals surface area (Å²) >= 11 is 0. The SMILES string of the molecule is CN(c1cc(CNC(C)(C)C)ccn1)C1CCCCCC1. The van der Waals surface area contributed by atoms with E-state index < -0.39 is 0 Å². The van der Waals surface area contributed by atoms with E-state index in [1.165, 1.54) is 44.1 Å². The summed E-state index contributed by atoms with van der Waals surface area (Å²) in [6.07, 6.45) is 10.1. The number of rotatable bonds is 4. The topological polar surface area (TPSA) is 28.2 Å². The Morgan fingerprint density at radius 3 is 2.48 bits per heavy atom. The van der Waals surface area contributed by atoms with E-state index in [0.717, 1.165) is 12.4 Å². The van der Waals surface area contributed by atoms with Crippen molar-refractivity contribution < 1.29 is 0 Å². The van der Waals surface area contributed by atoms with Crippen molar-refractivity contribution in [3.63, 3.8) is 0 Å². The summed E-state index contributed by atoms with van der Waals surface area (Å²) in [6, 6.07) is 5.01. The molecule has 1 aliphatic rings. The third-order valence-corrected chi connectivity index (χ3v) is 4.37. The highest BCUT2D eigenvalue weighted by Crippen LogP contribution is 2.24. The molecule has 0 aliphatic heterocycles. The summed E-state index contributed by atoms with van der Waals surface area (Å²) in [5.74, 6) is 1.12. The van der Waals surface area contributed by atoms with Crippen LogP contribution >= 0.6 is 0 Å². The fraction of sp³-hybridized carbons (Fsp3) is 0.722. The summed E-state index contributed by atoms with van der Waals surface area (Å²) in [7, 11) is 2.21. The van der Waals surface area contributed by atoms with Crippen LogP contribution in [0.15, 0.2) is 18.3 Å². The molecule has 0 unspecified atom stereocenters. The van der Waals surface area contributed by atoms with Gasteiger partial charge in [0.1, 0.15) is 5.82 Å². The minimum Gasteiger partial charge on any atom is -0.357 e. The molecule has 2 rings (SSSR count). The molecule has 1 saturated carbocycles. The molecule has 118 valence electrons. The van der Waals surface area contributed by atoms with Crippen LogP contribution in [-0.4, -0.2) is 23.6 Å². The Hall–Kier alpha value is -1.09. The van der Waals surface area contributed by atoms with Gasteiger partial charge in [0.2, 0.25) is 0 Å². The fourth-order valence-electron chi connectivity index (χ4n) is 2.96. The summed E-state index contributed by atoms with van der Waals surface area (Å²) in [4.78, 5) is 6.98. The molecule has 1 N–H and O–H groups in total. The van der Waals surface area contributed by atoms with E-state index in [0.29, 0.717) is 6.04 Å². The zero-order chi connectivity index (χ0) is 15.3. The van der Waals surface area contributed by atoms with Gasteiger partial charge in [-0.2, -0.15) is 0 Å². The van der Waals surface area contributed by atoms with Crippen LogP contribution < -0.4 is 10.2 Å². The van der Waals surface area contributed by atoms with Gasteiger partial charge in [0.25, 0.3) is 0 Å². The summed E-state index contributed by atoms with van der Waals surface area (Å²) in [5, 5.41) is 3.55. The monoisotopic (exact) mass is 289 g/mol. The van der Waals surface area contributed by atoms with Gasteiger partial charge in [-0.25, -0.2) is 4.98 Å². The second kappa shape index (κ2) is 7.26. The molecule has 1 fully saturated rings. The van der Waals surface area contributed by atoms with Crippen molar-refractivity contribution in [2.24, 2.45) is 0 Å². The maximum absolute atomic E-state index is 4.59. The van der Waals surface area contributed by atoms with E-state index in [2.05, 4.69) is 55.2 Å². The van der Waals surface area contributed by atoms with Crippen molar-refractivity contribution in [2.75, 3.05) is 11.9 Å². The van der Waals surface area contributed by atoms with Gasteiger partial charge >= 0.3 is 0 Å². The van der Waals surface area contributed by atoms with Gasteiger partial charge in [-0.15, -0.1) is 0 Å². The molecule has 0 amide bonds. The molecule has 0 aromatic carbocycles. The second-order valence-electron chi connectivity index (χ2n) is 7.38. The van der Waals surface area contributed by atoms with Crippen molar-refractivity contribution in [1.29, 1.82) is 0 Å². The first-order valence-corrected chi connectivity index (χ1v) is 8.38. The molecule has 0 saturated heterocycles. The van der Waals surface area contributed by atoms with Gasteiger partial charge in [-0.1, -0.05) is 25.7 Å². The highest BCUT2D eigenvalue weighted by molar-refractivity contribution is 5.41. The van der Waals surface area contributed by atoms with Crippen LogP contribution in [0, 0.1) is 0 Å². The van der Waals surface area contributed by atoms with Gasteiger partial charge in [0.15, 0.2) is 0 Å². The Balaban J connectivity index is 2.01. The van der Waals surface area contributed by atoms with Gasteiger partial charge < -0.3 is 10.2 Å². The van der Waals surface area contributed by atoms with Crippen molar-refractivity contribution in [2.45, 2.75) is 77.4 Å². The van der Waals surface area contributed by atoms with E-state index in [9.17, 15) is 0 Å². The Morgan fingerprint density at radius 1 is 1.19 bits per heavy atom. The van der Waals surface area contributed by atoms with Crippen molar-refractivity contribution in [3.05, 3.63) is 23.9 Å². The molecule has 21 heavy (non-hydrogen) atoms. The summed E-state index contributed by atoms with van der Waals surface area (Å²) in [5.41, 5.74) is 1.46. The lowest BCUT2D eigenvalue weighted by Crippen LogP contribution is -2.35. The first kappa shape index (κ1) is 16.3. The van der Waals surface area contributed by atoms with Crippen molar-refractivity contribution >= 4 is 5.82 Å². The van der Waals surface area contributed by atoms with Crippen molar-refractivity contribution in [3.8, 4) is 0 Å². The predicted molar refractivity (Wildman–Crippen MR) is 90.7 cm³/mol. The molecule has 1 heterocycles. The first-order chi connectivity index (χ1) is 9.96. The molecule has 0 bridgehead atoms. The number of nitrogens with one attached hydrogen (secondary N) is 1. The maximum atomic E-state index is 4.59. The molecular formula is C18H31N3. The van der Waals surface area contributed by atoms with E-state index in [-0.39, 0.29) is 5.54 Å². The minimum atomic E-state index is 0.149. The average molecular weight is 289 g/mol. The van der Waals surface area contributed by atoms with Crippen LogP contribution in [0.3, 0.4) is 0 Å². The maximum Gasteiger partial charge on any atom is 0.128 e. The molecule has 0 atom stereocenters. The van der Waals surface area contributed by atoms with Gasteiger partial charge in [-0.05, 0) is 51.3 Å². The molecule has 3 nitrogen and oxygen atoms in total. The van der Waals surface area contributed by atoms with Crippen LogP contribution in [0.5, 0.6) is 0 Å². The Bertz CT molecular complexity index is 428. The molecule has 1 aromatic heterocycles. The highest BCUT2D eigenvalue weighted by Gasteiger charge is 2.18. The fourth-order valence-corrected chi connectivity index (χ4v) is 2.96. The number of aromatic nitrogens is 1. The number of pyridine rings is 1. The molecule has 1 aromatic rings. The quantitative estimate of drug-likeness (QED) is 0.845. The second-order valence-corrected chi connectivity index (χ2v) is 7.38. The largest absolute Gasteiger partial charge is 0.357 e. The molecule has 1 aliphatic carbocycles. The third-order valence-electron chi connectivity index (χ3n) is 4.37. The normalized spacial score (nSPS) is 17.5. The van der Waals surface area contributed by atoms with E-state index >= 15 is 0 Å². The third kappa shape index (κ3) is 5.31. The van der Waals surface area contributed by atoms with Gasteiger partial charge in [-0.3, -0.25) is 0 Å². The number of nitrogens with zero attached hydrogens (tertiary/aromatic N) is 2. The lowest BCUT2D eigenvalue weighted by molar-refractivity contribution is 0.424. The first-order valence-electron chi connectivity index (χ1n) is 8.38. The average Bonchev–Trinajstić information content (AvgIpc) is 2.73. The van der Waals surface area contributed by atoms with Gasteiger partial charge in [0, 0.05) is 31.4 Å². The van der Waals surface area contributed by atoms with E-state index in [4.69, 9.17) is 0 Å². The minimum absolute atomic E-state index is 0.149. The smallest absolute Gasteiger partial charge is 0.128 e. The van der Waals surface area contributed by atoms with Crippen LogP contribution in [-0.2, 0) is 6.54 Å². The highest BCUT2D eigenvalue weighted by atomic mass is 15.2. The lowest BCUT2D eigenvalue weighted by atomic mass is 10.1. The number of hydrogen-bond acceptors (Lipinski definition) is 3. The Labute approximate surface area is 130 Å². The molecule has 0 spiro atoms. The number of hydrogen-bond donors (Lipinski definition) is 1. The zero-order valence-corrected chi connectivity index (χ0v) is 14.2. The summed E-state index contributed by atoms with van der Waals surface area (Å²) < 4.78 is 0. The van der Waals surface area contributed by atoms with Crippen LogP contribution in [0.4, 0.5) is 5.82 Å². The Kier molecular flexibility index (Phi) is 5.63. The lowest BCUT2D eigenvalue weighted by Gasteiger charge is -2.28. The number of anilines is 1. The van der Waals surface area contributed by atoms with E-state index in [1.54, 1.807) is 0 Å². The molecule has 3 heteroatoms. The zero-order valence-electron chi connectivity index (χ0n) is 14.2. The molecule has 0 radical (unpaired) electrons. The standard InChI is InChI=1S/C18H31N3/c1-18(2,3)20-14-15-11-12-19-17(13-15)21(4)16-9-7-5-6-8-10-16/h11-13,16,20H,5-10,14H2,1-4H3.